The van der Waals surface area contributed by atoms with Gasteiger partial charge in [0.25, 0.3) is 5.91 Å². The molecule has 0 saturated heterocycles. The molecule has 4 aromatic carbocycles. The van der Waals surface area contributed by atoms with Crippen molar-refractivity contribution in [3.8, 4) is 0 Å². The zero-order valence-corrected chi connectivity index (χ0v) is 27.1. The van der Waals surface area contributed by atoms with Crippen LogP contribution < -0.4 is 25.8 Å². The minimum atomic E-state index is -1.00. The normalized spacial score (nSPS) is 15.4. The fraction of sp³-hybridized carbons (Fsp3) is 0.243. The molecule has 46 heavy (non-hydrogen) atoms. The molecular weight excluding hydrogens is 595 g/mol. The van der Waals surface area contributed by atoms with Crippen LogP contribution in [0.15, 0.2) is 115 Å². The second-order valence-corrected chi connectivity index (χ2v) is 12.8. The van der Waals surface area contributed by atoms with Crippen LogP contribution in [-0.4, -0.2) is 47.9 Å². The number of amides is 2. The average molecular weight is 634 g/mol. The fourth-order valence-corrected chi connectivity index (χ4v) is 5.78. The first-order valence-electron chi connectivity index (χ1n) is 15.3. The number of Topliss-reactive ketones (excluding diaryl/α,β-unsaturated/α-hetero) is 1. The van der Waals surface area contributed by atoms with Gasteiger partial charge in [-0.3, -0.25) is 14.4 Å². The van der Waals surface area contributed by atoms with E-state index >= 15 is 0 Å². The number of anilines is 4. The molecule has 0 fully saturated rings. The third-order valence-electron chi connectivity index (χ3n) is 8.07. The number of nitrogens with two attached hydrogens (primary N) is 1. The number of hydrogen-bond donors (Lipinski definition) is 2. The van der Waals surface area contributed by atoms with Gasteiger partial charge in [-0.25, -0.2) is 0 Å². The van der Waals surface area contributed by atoms with Gasteiger partial charge in [0.05, 0.1) is 24.5 Å². The lowest BCUT2D eigenvalue weighted by atomic mass is 9.90. The monoisotopic (exact) mass is 633 g/mol. The van der Waals surface area contributed by atoms with Crippen LogP contribution in [0.2, 0.25) is 0 Å². The molecule has 0 spiro atoms. The van der Waals surface area contributed by atoms with Crippen molar-refractivity contribution in [1.82, 2.24) is 5.32 Å². The Morgan fingerprint density at radius 2 is 1.41 bits per heavy atom. The van der Waals surface area contributed by atoms with Crippen LogP contribution in [0.1, 0.15) is 26.3 Å². The summed E-state index contributed by atoms with van der Waals surface area (Å²) in [5, 5.41) is 3.10. The molecule has 1 aliphatic rings. The highest BCUT2D eigenvalue weighted by Gasteiger charge is 2.39. The third kappa shape index (κ3) is 7.26. The Morgan fingerprint density at radius 1 is 0.870 bits per heavy atom. The molecule has 0 aromatic heterocycles. The van der Waals surface area contributed by atoms with Crippen LogP contribution in [0.25, 0.3) is 0 Å². The minimum absolute atomic E-state index is 0.0326. The Kier molecular flexibility index (Phi) is 9.82. The summed E-state index contributed by atoms with van der Waals surface area (Å²) in [6, 6.07) is 34.2. The van der Waals surface area contributed by atoms with Crippen molar-refractivity contribution in [2.24, 2.45) is 11.1 Å². The topological polar surface area (TPSA) is 99.0 Å². The van der Waals surface area contributed by atoms with Crippen molar-refractivity contribution in [1.29, 1.82) is 0 Å². The van der Waals surface area contributed by atoms with E-state index in [1.54, 1.807) is 4.90 Å². The largest absolute Gasteiger partial charge is 0.376 e. The standard InChI is InChI=1S/C37H39N5O3S/c1-37(2,3)33(43)25-41-31-22-14-13-21-30(31)40(27-17-9-5-10-18-27)24-29(35(41)45)39-34(44)32(23-26-15-7-4-8-16-26)42(36(38)46)28-19-11-6-12-20-28/h4-22,29,32H,23-25H2,1-3H3,(H2,38,46)(H,39,44). The number of fused-ring (bicyclic) bond motifs is 1. The number of carbonyl (C=O) groups is 3. The third-order valence-corrected chi connectivity index (χ3v) is 8.27. The van der Waals surface area contributed by atoms with E-state index in [-0.39, 0.29) is 36.3 Å². The van der Waals surface area contributed by atoms with E-state index in [0.29, 0.717) is 11.4 Å². The highest BCUT2D eigenvalue weighted by atomic mass is 32.1. The van der Waals surface area contributed by atoms with Gasteiger partial charge in [0, 0.05) is 23.2 Å². The molecule has 2 atom stereocenters. The van der Waals surface area contributed by atoms with E-state index < -0.39 is 23.4 Å². The SMILES string of the molecule is CC(C)(C)C(=O)CN1C(=O)C(NC(=O)C(Cc2ccccc2)N(C(N)=S)c2ccccc2)CN(c2ccccc2)c2ccccc21. The van der Waals surface area contributed by atoms with Crippen molar-refractivity contribution < 1.29 is 14.4 Å². The Bertz CT molecular complexity index is 1690. The number of nitrogens with one attached hydrogen (secondary N) is 1. The molecule has 8 nitrogen and oxygen atoms in total. The van der Waals surface area contributed by atoms with Crippen LogP contribution in [0.5, 0.6) is 0 Å². The van der Waals surface area contributed by atoms with E-state index in [1.165, 1.54) is 4.90 Å². The number of thiocarbonyl (C=S) groups is 1. The second kappa shape index (κ2) is 14.0. The van der Waals surface area contributed by atoms with Crippen molar-refractivity contribution in [3.63, 3.8) is 0 Å². The predicted molar refractivity (Wildman–Crippen MR) is 188 cm³/mol. The summed E-state index contributed by atoms with van der Waals surface area (Å²) in [5.74, 6) is -0.892. The molecule has 1 aliphatic heterocycles. The summed E-state index contributed by atoms with van der Waals surface area (Å²) in [6.45, 7) is 5.51. The van der Waals surface area contributed by atoms with Gasteiger partial charge in [0.15, 0.2) is 10.9 Å². The molecule has 1 heterocycles. The molecule has 0 aliphatic carbocycles. The quantitative estimate of drug-likeness (QED) is 0.231. The van der Waals surface area contributed by atoms with Gasteiger partial charge in [0.2, 0.25) is 5.91 Å². The van der Waals surface area contributed by atoms with Gasteiger partial charge < -0.3 is 25.8 Å². The first-order chi connectivity index (χ1) is 22.0. The number of para-hydroxylation sites is 4. The van der Waals surface area contributed by atoms with Crippen molar-refractivity contribution in [2.75, 3.05) is 27.8 Å². The zero-order valence-electron chi connectivity index (χ0n) is 26.3. The molecule has 5 rings (SSSR count). The maximum Gasteiger partial charge on any atom is 0.251 e. The van der Waals surface area contributed by atoms with Gasteiger partial charge in [-0.05, 0) is 54.2 Å². The molecule has 0 saturated carbocycles. The Balaban J connectivity index is 1.57. The second-order valence-electron chi connectivity index (χ2n) is 12.3. The van der Waals surface area contributed by atoms with Gasteiger partial charge in [-0.1, -0.05) is 99.6 Å². The number of carbonyl (C=O) groups excluding carboxylic acids is 3. The predicted octanol–water partition coefficient (Wildman–Crippen LogP) is 5.63. The average Bonchev–Trinajstić information content (AvgIpc) is 3.16. The van der Waals surface area contributed by atoms with E-state index in [0.717, 1.165) is 16.9 Å². The number of ketones is 1. The lowest BCUT2D eigenvalue weighted by molar-refractivity contribution is -0.129. The van der Waals surface area contributed by atoms with Gasteiger partial charge in [-0.2, -0.15) is 0 Å². The Morgan fingerprint density at radius 3 is 2.00 bits per heavy atom. The van der Waals surface area contributed by atoms with Crippen LogP contribution in [0.4, 0.5) is 22.7 Å². The van der Waals surface area contributed by atoms with Gasteiger partial charge in [-0.15, -0.1) is 0 Å². The molecule has 236 valence electrons. The van der Waals surface area contributed by atoms with Crippen LogP contribution in [0, 0.1) is 5.41 Å². The molecule has 9 heteroatoms. The zero-order chi connectivity index (χ0) is 32.8. The fourth-order valence-electron chi connectivity index (χ4n) is 5.55. The maximum absolute atomic E-state index is 14.5. The summed E-state index contributed by atoms with van der Waals surface area (Å²) >= 11 is 5.49. The first kappa shape index (κ1) is 32.4. The molecule has 0 radical (unpaired) electrons. The highest BCUT2D eigenvalue weighted by molar-refractivity contribution is 7.80. The molecular formula is C37H39N5O3S. The molecule has 3 N–H and O–H groups in total. The number of benzene rings is 4. The molecule has 4 aromatic rings. The Labute approximate surface area is 275 Å². The summed E-state index contributed by atoms with van der Waals surface area (Å²) in [6.07, 6.45) is 0.286. The van der Waals surface area contributed by atoms with E-state index in [1.807, 2.05) is 141 Å². The molecule has 0 bridgehead atoms. The first-order valence-corrected chi connectivity index (χ1v) is 15.7. The minimum Gasteiger partial charge on any atom is -0.376 e. The summed E-state index contributed by atoms with van der Waals surface area (Å²) in [5.41, 5.74) is 9.37. The molecule has 2 amide bonds. The maximum atomic E-state index is 14.5. The van der Waals surface area contributed by atoms with E-state index in [2.05, 4.69) is 5.32 Å². The van der Waals surface area contributed by atoms with E-state index in [9.17, 15) is 14.4 Å². The van der Waals surface area contributed by atoms with Crippen molar-refractivity contribution in [3.05, 3.63) is 121 Å². The van der Waals surface area contributed by atoms with Crippen LogP contribution in [-0.2, 0) is 20.8 Å². The lowest BCUT2D eigenvalue weighted by Gasteiger charge is -2.33. The number of hydrogen-bond acceptors (Lipinski definition) is 5. The van der Waals surface area contributed by atoms with E-state index in [4.69, 9.17) is 18.0 Å². The van der Waals surface area contributed by atoms with Gasteiger partial charge >= 0.3 is 0 Å². The Hall–Kier alpha value is -5.02. The summed E-state index contributed by atoms with van der Waals surface area (Å²) in [4.78, 5) is 47.5. The van der Waals surface area contributed by atoms with Crippen LogP contribution >= 0.6 is 12.2 Å². The lowest BCUT2D eigenvalue weighted by Crippen LogP contribution is -2.59. The smallest absolute Gasteiger partial charge is 0.251 e. The van der Waals surface area contributed by atoms with Crippen LogP contribution in [0.3, 0.4) is 0 Å². The van der Waals surface area contributed by atoms with Crippen molar-refractivity contribution in [2.45, 2.75) is 39.3 Å². The highest BCUT2D eigenvalue weighted by Crippen LogP contribution is 2.38. The molecule has 2 unspecified atom stereocenters. The summed E-state index contributed by atoms with van der Waals surface area (Å²) in [7, 11) is 0. The number of nitrogens with zero attached hydrogens (tertiary/aromatic N) is 3. The van der Waals surface area contributed by atoms with Crippen molar-refractivity contribution >= 4 is 57.7 Å². The summed E-state index contributed by atoms with van der Waals surface area (Å²) < 4.78 is 0. The number of rotatable bonds is 9. The van der Waals surface area contributed by atoms with Gasteiger partial charge in [0.1, 0.15) is 12.1 Å².